The van der Waals surface area contributed by atoms with Gasteiger partial charge in [-0.1, -0.05) is 18.2 Å². The molecule has 0 saturated heterocycles. The predicted octanol–water partition coefficient (Wildman–Crippen LogP) is 1.12. The van der Waals surface area contributed by atoms with E-state index in [0.717, 1.165) is 24.7 Å². The summed E-state index contributed by atoms with van der Waals surface area (Å²) < 4.78 is 21.0. The van der Waals surface area contributed by atoms with E-state index in [-0.39, 0.29) is 19.0 Å². The van der Waals surface area contributed by atoms with Crippen molar-refractivity contribution in [1.82, 2.24) is 19.7 Å². The highest BCUT2D eigenvalue weighted by Gasteiger charge is 2.21. The summed E-state index contributed by atoms with van der Waals surface area (Å²) in [6, 6.07) is 6.50. The number of aromatic nitrogens is 3. The summed E-state index contributed by atoms with van der Waals surface area (Å²) in [5.41, 5.74) is 0.501. The van der Waals surface area contributed by atoms with Gasteiger partial charge in [0.15, 0.2) is 0 Å². The van der Waals surface area contributed by atoms with Gasteiger partial charge < -0.3 is 14.4 Å². The van der Waals surface area contributed by atoms with E-state index in [0.29, 0.717) is 18.7 Å². The SMILES string of the molecule is Cc1nnc2n1CCN(C[C@@H](O)COCc1ccccc1F)C2. The van der Waals surface area contributed by atoms with Crippen LogP contribution in [-0.4, -0.2) is 50.6 Å². The highest BCUT2D eigenvalue weighted by molar-refractivity contribution is 5.16. The van der Waals surface area contributed by atoms with Gasteiger partial charge in [0.2, 0.25) is 0 Å². The number of fused-ring (bicyclic) bond motifs is 1. The average molecular weight is 320 g/mol. The molecule has 124 valence electrons. The van der Waals surface area contributed by atoms with Crippen LogP contribution in [-0.2, 0) is 24.4 Å². The molecule has 2 aromatic rings. The second kappa shape index (κ2) is 7.16. The number of hydrogen-bond acceptors (Lipinski definition) is 5. The van der Waals surface area contributed by atoms with Crippen LogP contribution in [0.5, 0.6) is 0 Å². The van der Waals surface area contributed by atoms with Crippen molar-refractivity contribution in [3.05, 3.63) is 47.3 Å². The monoisotopic (exact) mass is 320 g/mol. The molecule has 7 heteroatoms. The van der Waals surface area contributed by atoms with Crippen LogP contribution in [0.4, 0.5) is 4.39 Å². The molecule has 0 aliphatic carbocycles. The lowest BCUT2D eigenvalue weighted by molar-refractivity contribution is 0.00466. The maximum absolute atomic E-state index is 13.5. The van der Waals surface area contributed by atoms with E-state index in [1.54, 1.807) is 18.2 Å². The number of benzene rings is 1. The molecule has 0 radical (unpaired) electrons. The first-order valence-corrected chi connectivity index (χ1v) is 7.73. The van der Waals surface area contributed by atoms with Crippen LogP contribution < -0.4 is 0 Å². The van der Waals surface area contributed by atoms with E-state index in [4.69, 9.17) is 4.74 Å². The molecule has 23 heavy (non-hydrogen) atoms. The van der Waals surface area contributed by atoms with Crippen LogP contribution in [0.3, 0.4) is 0 Å². The normalized spacial score (nSPS) is 16.3. The Morgan fingerprint density at radius 3 is 2.96 bits per heavy atom. The zero-order chi connectivity index (χ0) is 16.2. The molecule has 0 bridgehead atoms. The number of halogens is 1. The zero-order valence-electron chi connectivity index (χ0n) is 13.2. The molecule has 1 aliphatic heterocycles. The van der Waals surface area contributed by atoms with E-state index >= 15 is 0 Å². The van der Waals surface area contributed by atoms with Crippen molar-refractivity contribution in [2.24, 2.45) is 0 Å². The summed E-state index contributed by atoms with van der Waals surface area (Å²) >= 11 is 0. The van der Waals surface area contributed by atoms with Crippen molar-refractivity contribution in [3.8, 4) is 0 Å². The van der Waals surface area contributed by atoms with Gasteiger partial charge in [-0.2, -0.15) is 0 Å². The number of nitrogens with zero attached hydrogens (tertiary/aromatic N) is 4. The second-order valence-electron chi connectivity index (χ2n) is 5.81. The Hall–Kier alpha value is -1.83. The summed E-state index contributed by atoms with van der Waals surface area (Å²) in [7, 11) is 0. The van der Waals surface area contributed by atoms with Gasteiger partial charge in [0.1, 0.15) is 17.5 Å². The van der Waals surface area contributed by atoms with Crippen molar-refractivity contribution >= 4 is 0 Å². The Morgan fingerprint density at radius 1 is 1.30 bits per heavy atom. The molecule has 3 rings (SSSR count). The van der Waals surface area contributed by atoms with E-state index in [9.17, 15) is 9.50 Å². The molecular formula is C16H21FN4O2. The smallest absolute Gasteiger partial charge is 0.147 e. The largest absolute Gasteiger partial charge is 0.389 e. The number of rotatable bonds is 6. The second-order valence-corrected chi connectivity index (χ2v) is 5.81. The van der Waals surface area contributed by atoms with E-state index in [2.05, 4.69) is 19.7 Å². The quantitative estimate of drug-likeness (QED) is 0.864. The van der Waals surface area contributed by atoms with Gasteiger partial charge >= 0.3 is 0 Å². The highest BCUT2D eigenvalue weighted by atomic mass is 19.1. The molecule has 0 saturated carbocycles. The van der Waals surface area contributed by atoms with Crippen LogP contribution in [0.1, 0.15) is 17.2 Å². The van der Waals surface area contributed by atoms with E-state index in [1.807, 2.05) is 6.92 Å². The fourth-order valence-electron chi connectivity index (χ4n) is 2.78. The van der Waals surface area contributed by atoms with Crippen molar-refractivity contribution in [3.63, 3.8) is 0 Å². The first kappa shape index (κ1) is 16.0. The van der Waals surface area contributed by atoms with Gasteiger partial charge in [-0.3, -0.25) is 4.90 Å². The molecule has 0 fully saturated rings. The Kier molecular flexibility index (Phi) is 5.00. The Labute approximate surface area is 134 Å². The van der Waals surface area contributed by atoms with Crippen LogP contribution in [0.2, 0.25) is 0 Å². The van der Waals surface area contributed by atoms with E-state index < -0.39 is 6.10 Å². The number of aliphatic hydroxyl groups excluding tert-OH is 1. The molecule has 1 atom stereocenters. The van der Waals surface area contributed by atoms with Gasteiger partial charge in [0.25, 0.3) is 0 Å². The maximum Gasteiger partial charge on any atom is 0.147 e. The molecule has 1 aliphatic rings. The van der Waals surface area contributed by atoms with Crippen LogP contribution in [0, 0.1) is 12.7 Å². The molecule has 1 aromatic carbocycles. The molecule has 6 nitrogen and oxygen atoms in total. The molecular weight excluding hydrogens is 299 g/mol. The van der Waals surface area contributed by atoms with Gasteiger partial charge in [-0.15, -0.1) is 10.2 Å². The standard InChI is InChI=1S/C16H21FN4O2/c1-12-18-19-16-9-20(6-7-21(12)16)8-14(22)11-23-10-13-4-2-3-5-15(13)17/h2-5,14,22H,6-11H2,1H3/t14-/m1/s1. The molecule has 2 heterocycles. The Balaban J connectivity index is 1.43. The molecule has 0 unspecified atom stereocenters. The lowest BCUT2D eigenvalue weighted by Gasteiger charge is -2.29. The first-order chi connectivity index (χ1) is 11.1. The summed E-state index contributed by atoms with van der Waals surface area (Å²) in [5, 5.41) is 18.3. The zero-order valence-corrected chi connectivity index (χ0v) is 13.2. The van der Waals surface area contributed by atoms with Crippen LogP contribution in [0.25, 0.3) is 0 Å². The molecule has 0 spiro atoms. The maximum atomic E-state index is 13.5. The van der Waals surface area contributed by atoms with Crippen molar-refractivity contribution < 1.29 is 14.2 Å². The number of β-amino-alcohol motifs (C(OH)–C–C–N with tert-alkyl or cyclic N) is 1. The minimum Gasteiger partial charge on any atom is -0.389 e. The summed E-state index contributed by atoms with van der Waals surface area (Å²) in [6.45, 7) is 5.13. The number of aliphatic hydroxyl groups is 1. The van der Waals surface area contributed by atoms with Crippen molar-refractivity contribution in [2.75, 3.05) is 19.7 Å². The number of hydrogen-bond donors (Lipinski definition) is 1. The minimum atomic E-state index is -0.614. The summed E-state index contributed by atoms with van der Waals surface area (Å²) in [6.07, 6.45) is -0.614. The number of ether oxygens (including phenoxy) is 1. The van der Waals surface area contributed by atoms with Gasteiger partial charge in [0.05, 0.1) is 25.9 Å². The minimum absolute atomic E-state index is 0.164. The van der Waals surface area contributed by atoms with Gasteiger partial charge in [-0.25, -0.2) is 4.39 Å². The lowest BCUT2D eigenvalue weighted by Crippen LogP contribution is -2.40. The topological polar surface area (TPSA) is 63.4 Å². The van der Waals surface area contributed by atoms with Gasteiger partial charge in [0, 0.05) is 25.2 Å². The first-order valence-electron chi connectivity index (χ1n) is 7.73. The molecule has 1 aromatic heterocycles. The Morgan fingerprint density at radius 2 is 2.13 bits per heavy atom. The van der Waals surface area contributed by atoms with Crippen molar-refractivity contribution in [2.45, 2.75) is 32.7 Å². The third kappa shape index (κ3) is 3.93. The van der Waals surface area contributed by atoms with Crippen LogP contribution >= 0.6 is 0 Å². The molecule has 1 N–H and O–H groups in total. The fraction of sp³-hybridized carbons (Fsp3) is 0.500. The van der Waals surface area contributed by atoms with Crippen LogP contribution in [0.15, 0.2) is 24.3 Å². The van der Waals surface area contributed by atoms with E-state index in [1.165, 1.54) is 6.07 Å². The van der Waals surface area contributed by atoms with Gasteiger partial charge in [-0.05, 0) is 13.0 Å². The summed E-state index contributed by atoms with van der Waals surface area (Å²) in [4.78, 5) is 2.13. The Bertz CT molecular complexity index is 661. The fourth-order valence-corrected chi connectivity index (χ4v) is 2.78. The summed E-state index contributed by atoms with van der Waals surface area (Å²) in [5.74, 6) is 1.56. The average Bonchev–Trinajstić information content (AvgIpc) is 2.90. The molecule has 0 amide bonds. The highest BCUT2D eigenvalue weighted by Crippen LogP contribution is 2.12. The third-order valence-corrected chi connectivity index (χ3v) is 4.01. The van der Waals surface area contributed by atoms with Crippen molar-refractivity contribution in [1.29, 1.82) is 0 Å². The lowest BCUT2D eigenvalue weighted by atomic mass is 10.2. The third-order valence-electron chi connectivity index (χ3n) is 4.01. The predicted molar refractivity (Wildman–Crippen MR) is 82.1 cm³/mol. The number of aryl methyl sites for hydroxylation is 1.